The SMILES string of the molecule is C.Cc1ccc(-c2cc(-c3cc4ccccc4o3)c3ccc4c(-c5cccc(C(C)(C)C)c5)cc(-c5cc6ccccc6o5)c5ccc2c3c45)cc1.c1ccc(-c2ccc3ccc4ccc(-c5cccc(-c6ccc7ccc8ccc(-c9ccccc9)nc8c7n6)c5)nc4c3n2)cc1. The summed E-state index contributed by atoms with van der Waals surface area (Å²) in [5.41, 5.74) is 22.8. The molecular formula is C92H66N4O2. The van der Waals surface area contributed by atoms with Crippen LogP contribution in [0.5, 0.6) is 0 Å². The van der Waals surface area contributed by atoms with Crippen LogP contribution in [0.3, 0.4) is 0 Å². The molecule has 0 aliphatic carbocycles. The quantitative estimate of drug-likeness (QED) is 0.141. The first-order chi connectivity index (χ1) is 47.6. The number of rotatable bonds is 8. The number of para-hydroxylation sites is 2. The second-order valence-corrected chi connectivity index (χ2v) is 26.5. The molecule has 0 atom stereocenters. The van der Waals surface area contributed by atoms with Crippen LogP contribution in [0, 0.1) is 6.92 Å². The van der Waals surface area contributed by atoms with Gasteiger partial charge in [0.05, 0.1) is 44.8 Å². The van der Waals surface area contributed by atoms with Gasteiger partial charge in [0.2, 0.25) is 0 Å². The number of aryl methyl sites for hydroxylation is 1. The summed E-state index contributed by atoms with van der Waals surface area (Å²) in [6.07, 6.45) is 0. The molecule has 6 heteroatoms. The van der Waals surface area contributed by atoms with Crippen molar-refractivity contribution in [3.8, 4) is 89.9 Å². The Kier molecular flexibility index (Phi) is 14.4. The van der Waals surface area contributed by atoms with Crippen LogP contribution in [0.25, 0.3) is 188 Å². The smallest absolute Gasteiger partial charge is 0.136 e. The van der Waals surface area contributed by atoms with E-state index in [0.29, 0.717) is 0 Å². The predicted molar refractivity (Wildman–Crippen MR) is 411 cm³/mol. The average Bonchev–Trinajstić information content (AvgIpc) is 0.837. The fourth-order valence-electron chi connectivity index (χ4n) is 14.2. The Balaban J connectivity index is 0.000000147. The lowest BCUT2D eigenvalue weighted by molar-refractivity contribution is 0.590. The first-order valence-corrected chi connectivity index (χ1v) is 33.1. The summed E-state index contributed by atoms with van der Waals surface area (Å²) in [7, 11) is 0. The minimum Gasteiger partial charge on any atom is -0.456 e. The Morgan fingerprint density at radius 2 is 0.622 bits per heavy atom. The fourth-order valence-corrected chi connectivity index (χ4v) is 14.2. The van der Waals surface area contributed by atoms with Crippen molar-refractivity contribution >= 4 is 97.9 Å². The molecule has 0 fully saturated rings. The summed E-state index contributed by atoms with van der Waals surface area (Å²) >= 11 is 0. The minimum atomic E-state index is 0. The van der Waals surface area contributed by atoms with Gasteiger partial charge in [0.25, 0.3) is 0 Å². The molecule has 0 radical (unpaired) electrons. The molecule has 0 saturated heterocycles. The van der Waals surface area contributed by atoms with E-state index in [2.05, 4.69) is 276 Å². The maximum absolute atomic E-state index is 6.63. The lowest BCUT2D eigenvalue weighted by atomic mass is 9.81. The standard InChI is InChI=1S/C49H36O2.C42H26N4.CH4/c1-29-16-18-30(19-17-29)39-27-41(45-25-32-10-5-7-14-43(32)50-45)37-23-21-36-40(31-12-9-13-34(24-31)49(2,3)4)28-42(38-22-20-35(39)47(37)48(36)38)46-26-33-11-6-8-15-44(33)51-46;1-3-8-27(9-4-1)35-22-18-29-14-16-31-20-24-37(45-41(31)39(29)43-35)33-12-7-13-34(26-33)38-25-21-32-17-15-30-19-23-36(28-10-5-2-6-11-28)44-40(30)42(32)46-38;/h5-28H,1-4H3;1-26H;1H4. The molecule has 13 aromatic carbocycles. The van der Waals surface area contributed by atoms with E-state index in [9.17, 15) is 0 Å². The van der Waals surface area contributed by atoms with Crippen molar-refractivity contribution in [1.82, 2.24) is 19.9 Å². The van der Waals surface area contributed by atoms with E-state index < -0.39 is 0 Å². The molecule has 19 rings (SSSR count). The highest BCUT2D eigenvalue weighted by molar-refractivity contribution is 6.32. The molecule has 19 aromatic rings. The van der Waals surface area contributed by atoms with E-state index in [0.717, 1.165) is 133 Å². The van der Waals surface area contributed by atoms with E-state index in [1.165, 1.54) is 65.7 Å². The zero-order valence-electron chi connectivity index (χ0n) is 54.0. The highest BCUT2D eigenvalue weighted by atomic mass is 16.3. The first kappa shape index (κ1) is 59.4. The Morgan fingerprint density at radius 1 is 0.265 bits per heavy atom. The first-order valence-electron chi connectivity index (χ1n) is 33.1. The molecule has 6 nitrogen and oxygen atoms in total. The fraction of sp³-hybridized carbons (Fsp3) is 0.0652. The Morgan fingerprint density at radius 3 is 1.05 bits per heavy atom. The van der Waals surface area contributed by atoms with Gasteiger partial charge in [0.1, 0.15) is 22.7 Å². The molecule has 0 spiro atoms. The monoisotopic (exact) mass is 1260 g/mol. The third-order valence-corrected chi connectivity index (χ3v) is 19.3. The lowest BCUT2D eigenvalue weighted by Gasteiger charge is -2.22. The predicted octanol–water partition coefficient (Wildman–Crippen LogP) is 25.5. The van der Waals surface area contributed by atoms with Gasteiger partial charge in [-0.2, -0.15) is 0 Å². The van der Waals surface area contributed by atoms with Crippen LogP contribution in [-0.4, -0.2) is 19.9 Å². The van der Waals surface area contributed by atoms with Crippen LogP contribution in [0.2, 0.25) is 0 Å². The number of furan rings is 2. The number of pyridine rings is 4. The van der Waals surface area contributed by atoms with Gasteiger partial charge in [-0.15, -0.1) is 0 Å². The summed E-state index contributed by atoms with van der Waals surface area (Å²) < 4.78 is 13.2. The highest BCUT2D eigenvalue weighted by Crippen LogP contribution is 2.50. The Hall–Kier alpha value is -12.4. The molecule has 0 aliphatic rings. The molecule has 6 aromatic heterocycles. The molecule has 0 N–H and O–H groups in total. The van der Waals surface area contributed by atoms with Crippen molar-refractivity contribution in [2.24, 2.45) is 0 Å². The van der Waals surface area contributed by atoms with Gasteiger partial charge in [-0.05, 0) is 139 Å². The zero-order valence-corrected chi connectivity index (χ0v) is 54.0. The van der Waals surface area contributed by atoms with Crippen LogP contribution in [0.15, 0.2) is 312 Å². The number of hydrogen-bond donors (Lipinski definition) is 0. The van der Waals surface area contributed by atoms with E-state index in [-0.39, 0.29) is 12.8 Å². The molecule has 0 bridgehead atoms. The van der Waals surface area contributed by atoms with Crippen LogP contribution in [0.4, 0.5) is 0 Å². The largest absolute Gasteiger partial charge is 0.456 e. The van der Waals surface area contributed by atoms with Crippen LogP contribution in [-0.2, 0) is 5.41 Å². The van der Waals surface area contributed by atoms with Gasteiger partial charge in [-0.1, -0.05) is 270 Å². The van der Waals surface area contributed by atoms with Gasteiger partial charge < -0.3 is 8.83 Å². The highest BCUT2D eigenvalue weighted by Gasteiger charge is 2.25. The summed E-state index contributed by atoms with van der Waals surface area (Å²) in [4.78, 5) is 20.5. The van der Waals surface area contributed by atoms with E-state index >= 15 is 0 Å². The minimum absolute atomic E-state index is 0. The van der Waals surface area contributed by atoms with Crippen molar-refractivity contribution < 1.29 is 8.83 Å². The molecule has 0 amide bonds. The summed E-state index contributed by atoms with van der Waals surface area (Å²) in [5, 5.41) is 13.8. The normalized spacial score (nSPS) is 11.8. The van der Waals surface area contributed by atoms with Gasteiger partial charge in [-0.3, -0.25) is 0 Å². The topological polar surface area (TPSA) is 77.8 Å². The van der Waals surface area contributed by atoms with Crippen molar-refractivity contribution in [3.63, 3.8) is 0 Å². The lowest BCUT2D eigenvalue weighted by Crippen LogP contribution is -2.10. The van der Waals surface area contributed by atoms with E-state index in [4.69, 9.17) is 28.8 Å². The van der Waals surface area contributed by atoms with E-state index in [1.54, 1.807) is 0 Å². The number of benzene rings is 13. The molecule has 466 valence electrons. The molecule has 6 heterocycles. The summed E-state index contributed by atoms with van der Waals surface area (Å²) in [6.45, 7) is 8.98. The second-order valence-electron chi connectivity index (χ2n) is 26.5. The van der Waals surface area contributed by atoms with Crippen LogP contribution in [0.1, 0.15) is 39.3 Å². The third kappa shape index (κ3) is 10.5. The molecule has 0 aliphatic heterocycles. The van der Waals surface area contributed by atoms with E-state index in [1.807, 2.05) is 54.6 Å². The van der Waals surface area contributed by atoms with Gasteiger partial charge in [-0.25, -0.2) is 19.9 Å². The van der Waals surface area contributed by atoms with Gasteiger partial charge >= 0.3 is 0 Å². The number of aromatic nitrogens is 4. The maximum atomic E-state index is 6.63. The summed E-state index contributed by atoms with van der Waals surface area (Å²) in [5.74, 6) is 1.75. The third-order valence-electron chi connectivity index (χ3n) is 19.3. The number of nitrogens with zero attached hydrogens (tertiary/aromatic N) is 4. The molecular weight excluding hydrogens is 1190 g/mol. The van der Waals surface area contributed by atoms with Crippen LogP contribution >= 0.6 is 0 Å². The van der Waals surface area contributed by atoms with Crippen LogP contribution < -0.4 is 0 Å². The van der Waals surface area contributed by atoms with Crippen molar-refractivity contribution in [1.29, 1.82) is 0 Å². The van der Waals surface area contributed by atoms with Gasteiger partial charge in [0.15, 0.2) is 0 Å². The van der Waals surface area contributed by atoms with Crippen molar-refractivity contribution in [2.75, 3.05) is 0 Å². The number of fused-ring (bicyclic) bond motifs is 8. The average molecular weight is 1260 g/mol. The molecule has 98 heavy (non-hydrogen) atoms. The Labute approximate surface area is 568 Å². The van der Waals surface area contributed by atoms with Crippen molar-refractivity contribution in [2.45, 2.75) is 40.5 Å². The maximum Gasteiger partial charge on any atom is 0.136 e. The summed E-state index contributed by atoms with van der Waals surface area (Å²) in [6, 6.07) is 107. The molecule has 0 unspecified atom stereocenters. The number of hydrogen-bond acceptors (Lipinski definition) is 6. The zero-order chi connectivity index (χ0) is 64.9. The Bertz CT molecular complexity index is 6060. The molecule has 0 saturated carbocycles. The van der Waals surface area contributed by atoms with Crippen molar-refractivity contribution in [3.05, 3.63) is 314 Å². The van der Waals surface area contributed by atoms with Gasteiger partial charge in [0, 0.05) is 65.7 Å². The second kappa shape index (κ2) is 23.8.